The van der Waals surface area contributed by atoms with E-state index >= 15 is 0 Å². The highest BCUT2D eigenvalue weighted by Crippen LogP contribution is 2.46. The molecule has 1 aromatic heterocycles. The Labute approximate surface area is 122 Å². The lowest BCUT2D eigenvalue weighted by Gasteiger charge is -2.39. The monoisotopic (exact) mass is 275 g/mol. The first kappa shape index (κ1) is 14.0. The van der Waals surface area contributed by atoms with Gasteiger partial charge >= 0.3 is 0 Å². The molecule has 0 radical (unpaired) electrons. The van der Waals surface area contributed by atoms with Crippen LogP contribution in [0.5, 0.6) is 0 Å². The molecule has 2 fully saturated rings. The zero-order valence-electron chi connectivity index (χ0n) is 13.1. The third kappa shape index (κ3) is 2.47. The van der Waals surface area contributed by atoms with Gasteiger partial charge in [-0.2, -0.15) is 5.10 Å². The third-order valence-corrected chi connectivity index (χ3v) is 5.65. The Balaban J connectivity index is 1.80. The van der Waals surface area contributed by atoms with E-state index in [4.69, 9.17) is 10.8 Å². The zero-order valence-corrected chi connectivity index (χ0v) is 13.1. The van der Waals surface area contributed by atoms with Crippen molar-refractivity contribution in [3.8, 4) is 0 Å². The van der Waals surface area contributed by atoms with Gasteiger partial charge < -0.3 is 5.73 Å². The van der Waals surface area contributed by atoms with Gasteiger partial charge in [0, 0.05) is 18.5 Å². The molecule has 3 heteroatoms. The number of hydrogen-bond acceptors (Lipinski definition) is 2. The summed E-state index contributed by atoms with van der Waals surface area (Å²) in [6, 6.07) is 0. The van der Waals surface area contributed by atoms with Crippen molar-refractivity contribution >= 4 is 5.82 Å². The van der Waals surface area contributed by atoms with Crippen LogP contribution in [-0.2, 0) is 13.5 Å². The number of nitrogens with two attached hydrogens (primary N) is 1. The topological polar surface area (TPSA) is 43.8 Å². The summed E-state index contributed by atoms with van der Waals surface area (Å²) < 4.78 is 1.90. The predicted molar refractivity (Wildman–Crippen MR) is 83.7 cm³/mol. The van der Waals surface area contributed by atoms with Gasteiger partial charge in [-0.25, -0.2) is 0 Å². The molecule has 20 heavy (non-hydrogen) atoms. The first-order valence-electron chi connectivity index (χ1n) is 8.52. The summed E-state index contributed by atoms with van der Waals surface area (Å²) >= 11 is 0. The van der Waals surface area contributed by atoms with Gasteiger partial charge in [0.15, 0.2) is 0 Å². The first-order chi connectivity index (χ1) is 9.70. The Morgan fingerprint density at radius 2 is 1.90 bits per heavy atom. The van der Waals surface area contributed by atoms with Crippen molar-refractivity contribution in [1.82, 2.24) is 9.78 Å². The summed E-state index contributed by atoms with van der Waals surface area (Å²) in [4.78, 5) is 0. The van der Waals surface area contributed by atoms with E-state index in [2.05, 4.69) is 6.92 Å². The minimum atomic E-state index is 0.666. The normalized spacial score (nSPS) is 30.2. The van der Waals surface area contributed by atoms with E-state index < -0.39 is 0 Å². The van der Waals surface area contributed by atoms with Gasteiger partial charge in [0.05, 0.1) is 5.69 Å². The van der Waals surface area contributed by atoms with Crippen molar-refractivity contribution in [2.45, 2.75) is 70.6 Å². The van der Waals surface area contributed by atoms with Crippen molar-refractivity contribution < 1.29 is 0 Å². The highest BCUT2D eigenvalue weighted by atomic mass is 15.3. The van der Waals surface area contributed by atoms with Crippen LogP contribution in [0.15, 0.2) is 0 Å². The van der Waals surface area contributed by atoms with E-state index in [1.165, 1.54) is 56.2 Å². The molecule has 2 saturated carbocycles. The highest BCUT2D eigenvalue weighted by Gasteiger charge is 2.34. The predicted octanol–water partition coefficient (Wildman–Crippen LogP) is 4.03. The molecule has 0 bridgehead atoms. The minimum Gasteiger partial charge on any atom is -0.384 e. The average molecular weight is 275 g/mol. The highest BCUT2D eigenvalue weighted by molar-refractivity contribution is 5.45. The molecule has 3 atom stereocenters. The number of nitrogens with zero attached hydrogens (tertiary/aromatic N) is 2. The van der Waals surface area contributed by atoms with Crippen LogP contribution in [0, 0.1) is 11.8 Å². The van der Waals surface area contributed by atoms with Crippen LogP contribution < -0.4 is 5.73 Å². The molecule has 0 saturated heterocycles. The number of hydrogen-bond donors (Lipinski definition) is 1. The fourth-order valence-electron chi connectivity index (χ4n) is 4.56. The molecule has 0 aliphatic heterocycles. The quantitative estimate of drug-likeness (QED) is 0.905. The maximum Gasteiger partial charge on any atom is 0.124 e. The van der Waals surface area contributed by atoms with Crippen LogP contribution in [-0.4, -0.2) is 9.78 Å². The largest absolute Gasteiger partial charge is 0.384 e. The fraction of sp³-hybridized carbons (Fsp3) is 0.824. The van der Waals surface area contributed by atoms with Crippen molar-refractivity contribution in [2.75, 3.05) is 5.73 Å². The lowest BCUT2D eigenvalue weighted by Crippen LogP contribution is -2.27. The second-order valence-corrected chi connectivity index (χ2v) is 6.94. The van der Waals surface area contributed by atoms with Gasteiger partial charge in [-0.05, 0) is 37.5 Å². The van der Waals surface area contributed by atoms with Crippen LogP contribution in [0.1, 0.15) is 75.5 Å². The lowest BCUT2D eigenvalue weighted by molar-refractivity contribution is 0.154. The van der Waals surface area contributed by atoms with Crippen LogP contribution >= 0.6 is 0 Å². The SMILES string of the molecule is CCCc1c(C2CCC3CCCCC3C2)nn(C)c1N. The Kier molecular flexibility index (Phi) is 4.04. The zero-order chi connectivity index (χ0) is 14.1. The average Bonchev–Trinajstić information content (AvgIpc) is 2.75. The Morgan fingerprint density at radius 1 is 1.15 bits per heavy atom. The van der Waals surface area contributed by atoms with Crippen LogP contribution in [0.4, 0.5) is 5.82 Å². The number of anilines is 1. The van der Waals surface area contributed by atoms with Crippen LogP contribution in [0.2, 0.25) is 0 Å². The molecule has 3 nitrogen and oxygen atoms in total. The molecule has 112 valence electrons. The summed E-state index contributed by atoms with van der Waals surface area (Å²) in [5.74, 6) is 3.53. The molecule has 0 spiro atoms. The van der Waals surface area contributed by atoms with E-state index in [-0.39, 0.29) is 0 Å². The van der Waals surface area contributed by atoms with E-state index in [0.29, 0.717) is 5.92 Å². The Hall–Kier alpha value is -0.990. The minimum absolute atomic E-state index is 0.666. The maximum atomic E-state index is 6.23. The van der Waals surface area contributed by atoms with Gasteiger partial charge in [0.25, 0.3) is 0 Å². The molecule has 0 aromatic carbocycles. The Bertz CT molecular complexity index is 463. The molecular weight excluding hydrogens is 246 g/mol. The number of rotatable bonds is 3. The van der Waals surface area contributed by atoms with Gasteiger partial charge in [0.1, 0.15) is 5.82 Å². The first-order valence-corrected chi connectivity index (χ1v) is 8.52. The third-order valence-electron chi connectivity index (χ3n) is 5.65. The van der Waals surface area contributed by atoms with E-state index in [0.717, 1.165) is 30.5 Å². The number of aromatic nitrogens is 2. The molecule has 0 amide bonds. The van der Waals surface area contributed by atoms with Crippen molar-refractivity contribution in [3.05, 3.63) is 11.3 Å². The fourth-order valence-corrected chi connectivity index (χ4v) is 4.56. The summed E-state index contributed by atoms with van der Waals surface area (Å²) in [5.41, 5.74) is 8.90. The second-order valence-electron chi connectivity index (χ2n) is 6.94. The molecule has 3 unspecified atom stereocenters. The van der Waals surface area contributed by atoms with Gasteiger partial charge in [-0.1, -0.05) is 39.0 Å². The van der Waals surface area contributed by atoms with E-state index in [1.807, 2.05) is 11.7 Å². The van der Waals surface area contributed by atoms with Crippen molar-refractivity contribution in [1.29, 1.82) is 0 Å². The van der Waals surface area contributed by atoms with Crippen LogP contribution in [0.3, 0.4) is 0 Å². The summed E-state index contributed by atoms with van der Waals surface area (Å²) in [7, 11) is 1.99. The molecule has 2 aliphatic rings. The van der Waals surface area contributed by atoms with E-state index in [1.54, 1.807) is 0 Å². The molecule has 3 rings (SSSR count). The second kappa shape index (κ2) is 5.79. The molecule has 1 heterocycles. The van der Waals surface area contributed by atoms with Crippen molar-refractivity contribution in [3.63, 3.8) is 0 Å². The lowest BCUT2D eigenvalue weighted by atomic mass is 9.66. The van der Waals surface area contributed by atoms with Gasteiger partial charge in [-0.3, -0.25) is 4.68 Å². The molecular formula is C17H29N3. The molecule has 2 aliphatic carbocycles. The maximum absolute atomic E-state index is 6.23. The smallest absolute Gasteiger partial charge is 0.124 e. The standard InChI is InChI=1S/C17H29N3/c1-3-6-15-16(19-20(2)17(15)18)14-10-9-12-7-4-5-8-13(12)11-14/h12-14H,3-11,18H2,1-2H3. The molecule has 1 aromatic rings. The van der Waals surface area contributed by atoms with Gasteiger partial charge in [-0.15, -0.1) is 0 Å². The number of aryl methyl sites for hydroxylation is 1. The van der Waals surface area contributed by atoms with E-state index in [9.17, 15) is 0 Å². The summed E-state index contributed by atoms with van der Waals surface area (Å²) in [6.07, 6.45) is 12.2. The Morgan fingerprint density at radius 3 is 2.65 bits per heavy atom. The molecule has 2 N–H and O–H groups in total. The van der Waals surface area contributed by atoms with Gasteiger partial charge in [0.2, 0.25) is 0 Å². The van der Waals surface area contributed by atoms with Crippen molar-refractivity contribution in [2.24, 2.45) is 18.9 Å². The van der Waals surface area contributed by atoms with Crippen LogP contribution in [0.25, 0.3) is 0 Å². The summed E-state index contributed by atoms with van der Waals surface area (Å²) in [5, 5.41) is 4.78. The number of fused-ring (bicyclic) bond motifs is 1. The summed E-state index contributed by atoms with van der Waals surface area (Å²) in [6.45, 7) is 2.23. The number of nitrogen functional groups attached to an aromatic ring is 1.